The van der Waals surface area contributed by atoms with Crippen molar-refractivity contribution in [2.75, 3.05) is 13.2 Å². The molecule has 0 fully saturated rings. The highest BCUT2D eigenvalue weighted by Gasteiger charge is 2.17. The molecule has 1 aromatic rings. The topological polar surface area (TPSA) is 83.8 Å². The lowest BCUT2D eigenvalue weighted by atomic mass is 10.00. The molecule has 0 amide bonds. The second kappa shape index (κ2) is 10.0. The van der Waals surface area contributed by atoms with Gasteiger partial charge in [0, 0.05) is 6.61 Å². The average molecular weight is 322 g/mol. The highest BCUT2D eigenvalue weighted by atomic mass is 16.5. The highest BCUT2D eigenvalue weighted by molar-refractivity contribution is 5.94. The van der Waals surface area contributed by atoms with Crippen molar-refractivity contribution in [2.45, 2.75) is 46.0 Å². The van der Waals surface area contributed by atoms with Crippen LogP contribution >= 0.6 is 0 Å². The molecule has 1 aromatic carbocycles. The van der Waals surface area contributed by atoms with Crippen molar-refractivity contribution >= 4 is 11.9 Å². The van der Waals surface area contributed by atoms with E-state index in [1.807, 2.05) is 0 Å². The summed E-state index contributed by atoms with van der Waals surface area (Å²) in [4.78, 5) is 23.3. The first-order chi connectivity index (χ1) is 11.0. The molecule has 2 N–H and O–H groups in total. The Morgan fingerprint density at radius 2 is 2.00 bits per heavy atom. The number of hydrogen-bond donors (Lipinski definition) is 2. The van der Waals surface area contributed by atoms with E-state index >= 15 is 0 Å². The van der Waals surface area contributed by atoms with E-state index in [0.29, 0.717) is 23.7 Å². The molecule has 0 heterocycles. The number of unbranched alkanes of at least 4 members (excludes halogenated alkanes) is 1. The molecule has 1 unspecified atom stereocenters. The molecule has 0 aliphatic rings. The third-order valence-corrected chi connectivity index (χ3v) is 3.95. The summed E-state index contributed by atoms with van der Waals surface area (Å²) >= 11 is 0. The molecule has 5 heteroatoms. The maximum atomic E-state index is 12.3. The van der Waals surface area contributed by atoms with Crippen LogP contribution in [0.25, 0.3) is 0 Å². The molecule has 0 aliphatic carbocycles. The largest absolute Gasteiger partial charge is 0.478 e. The molecular weight excluding hydrogens is 296 g/mol. The molecule has 1 rings (SSSR count). The number of ether oxygens (including phenoxy) is 1. The molecule has 0 radical (unpaired) electrons. The standard InChI is InChI=1S/C18H26O5/c1-3-5-6-13(4-2)12-23-18(22)16-8-7-15(17(20)21)11-14(16)9-10-19/h7-8,11,13,19H,3-6,9-10,12H2,1-2H3,(H,20,21). The predicted molar refractivity (Wildman–Crippen MR) is 87.8 cm³/mol. The summed E-state index contributed by atoms with van der Waals surface area (Å²) in [6, 6.07) is 4.27. The normalized spacial score (nSPS) is 12.0. The van der Waals surface area contributed by atoms with Gasteiger partial charge in [-0.05, 0) is 42.5 Å². The van der Waals surface area contributed by atoms with Crippen LogP contribution in [-0.2, 0) is 11.2 Å². The van der Waals surface area contributed by atoms with Gasteiger partial charge in [0.2, 0.25) is 0 Å². The number of carbonyl (C=O) groups excluding carboxylic acids is 1. The molecular formula is C18H26O5. The molecule has 0 aliphatic heterocycles. The van der Waals surface area contributed by atoms with Gasteiger partial charge in [0.05, 0.1) is 17.7 Å². The summed E-state index contributed by atoms with van der Waals surface area (Å²) < 4.78 is 5.40. The number of carboxylic acid groups (broad SMARTS) is 1. The minimum absolute atomic E-state index is 0.0966. The van der Waals surface area contributed by atoms with E-state index in [2.05, 4.69) is 13.8 Å². The molecule has 128 valence electrons. The van der Waals surface area contributed by atoms with Gasteiger partial charge < -0.3 is 14.9 Å². The molecule has 5 nitrogen and oxygen atoms in total. The van der Waals surface area contributed by atoms with Crippen molar-refractivity contribution in [1.82, 2.24) is 0 Å². The first-order valence-corrected chi connectivity index (χ1v) is 8.17. The fraction of sp³-hybridized carbons (Fsp3) is 0.556. The van der Waals surface area contributed by atoms with Crippen molar-refractivity contribution in [3.63, 3.8) is 0 Å². The first kappa shape index (κ1) is 19.2. The number of aliphatic hydroxyl groups excluding tert-OH is 1. The number of carboxylic acids is 1. The number of aromatic carboxylic acids is 1. The summed E-state index contributed by atoms with van der Waals surface area (Å²) in [6.45, 7) is 4.42. The minimum atomic E-state index is -1.06. The number of carbonyl (C=O) groups is 2. The van der Waals surface area contributed by atoms with Crippen LogP contribution in [0.3, 0.4) is 0 Å². The molecule has 1 atom stereocenters. The SMILES string of the molecule is CCCCC(CC)COC(=O)c1ccc(C(=O)O)cc1CCO. The van der Waals surface area contributed by atoms with Crippen LogP contribution in [0, 0.1) is 5.92 Å². The number of esters is 1. The highest BCUT2D eigenvalue weighted by Crippen LogP contribution is 2.17. The van der Waals surface area contributed by atoms with Gasteiger partial charge in [-0.25, -0.2) is 9.59 Å². The zero-order valence-electron chi connectivity index (χ0n) is 13.9. The van der Waals surface area contributed by atoms with Crippen LogP contribution < -0.4 is 0 Å². The third kappa shape index (κ3) is 6.02. The second-order valence-electron chi connectivity index (χ2n) is 5.67. The summed E-state index contributed by atoms with van der Waals surface area (Å²) in [5.41, 5.74) is 0.924. The van der Waals surface area contributed by atoms with E-state index in [0.717, 1.165) is 25.7 Å². The van der Waals surface area contributed by atoms with Gasteiger partial charge in [-0.15, -0.1) is 0 Å². The number of benzene rings is 1. The van der Waals surface area contributed by atoms with E-state index in [1.165, 1.54) is 18.2 Å². The monoisotopic (exact) mass is 322 g/mol. The zero-order chi connectivity index (χ0) is 17.2. The van der Waals surface area contributed by atoms with Gasteiger partial charge in [-0.2, -0.15) is 0 Å². The Kier molecular flexibility index (Phi) is 8.33. The van der Waals surface area contributed by atoms with E-state index in [9.17, 15) is 9.59 Å². The molecule has 0 bridgehead atoms. The fourth-order valence-electron chi connectivity index (χ4n) is 2.42. The number of rotatable bonds is 10. The summed E-state index contributed by atoms with van der Waals surface area (Å²) in [5, 5.41) is 18.1. The van der Waals surface area contributed by atoms with Crippen LogP contribution in [0.1, 0.15) is 65.8 Å². The van der Waals surface area contributed by atoms with Gasteiger partial charge in [0.15, 0.2) is 0 Å². The van der Waals surface area contributed by atoms with Gasteiger partial charge in [-0.3, -0.25) is 0 Å². The Hall–Kier alpha value is -1.88. The average Bonchev–Trinajstić information content (AvgIpc) is 2.55. The lowest BCUT2D eigenvalue weighted by Gasteiger charge is -2.16. The van der Waals surface area contributed by atoms with Crippen LogP contribution in [0.4, 0.5) is 0 Å². The summed E-state index contributed by atoms with van der Waals surface area (Å²) in [5.74, 6) is -1.17. The third-order valence-electron chi connectivity index (χ3n) is 3.95. The summed E-state index contributed by atoms with van der Waals surface area (Å²) in [6.07, 6.45) is 4.43. The molecule has 0 saturated carbocycles. The predicted octanol–water partition coefficient (Wildman–Crippen LogP) is 3.29. The maximum absolute atomic E-state index is 12.3. The minimum Gasteiger partial charge on any atom is -0.478 e. The Balaban J connectivity index is 2.79. The van der Waals surface area contributed by atoms with Crippen molar-refractivity contribution in [3.05, 3.63) is 34.9 Å². The van der Waals surface area contributed by atoms with E-state index < -0.39 is 11.9 Å². The number of aliphatic hydroxyl groups is 1. The molecule has 0 spiro atoms. The second-order valence-corrected chi connectivity index (χ2v) is 5.67. The zero-order valence-corrected chi connectivity index (χ0v) is 13.9. The fourth-order valence-corrected chi connectivity index (χ4v) is 2.42. The van der Waals surface area contributed by atoms with Crippen LogP contribution in [-0.4, -0.2) is 35.4 Å². The van der Waals surface area contributed by atoms with Crippen molar-refractivity contribution < 1.29 is 24.5 Å². The van der Waals surface area contributed by atoms with Crippen LogP contribution in [0.5, 0.6) is 0 Å². The summed E-state index contributed by atoms with van der Waals surface area (Å²) in [7, 11) is 0. The van der Waals surface area contributed by atoms with E-state index in [-0.39, 0.29) is 18.6 Å². The Bertz CT molecular complexity index is 524. The Labute approximate surface area is 137 Å². The number of hydrogen-bond acceptors (Lipinski definition) is 4. The van der Waals surface area contributed by atoms with Gasteiger partial charge in [-0.1, -0.05) is 33.1 Å². The van der Waals surface area contributed by atoms with Gasteiger partial charge in [0.1, 0.15) is 0 Å². The van der Waals surface area contributed by atoms with Crippen molar-refractivity contribution in [2.24, 2.45) is 5.92 Å². The lowest BCUT2D eigenvalue weighted by molar-refractivity contribution is 0.0426. The van der Waals surface area contributed by atoms with Gasteiger partial charge in [0.25, 0.3) is 0 Å². The molecule has 0 aromatic heterocycles. The van der Waals surface area contributed by atoms with Crippen molar-refractivity contribution in [1.29, 1.82) is 0 Å². The van der Waals surface area contributed by atoms with Crippen LogP contribution in [0.15, 0.2) is 18.2 Å². The molecule has 23 heavy (non-hydrogen) atoms. The smallest absolute Gasteiger partial charge is 0.338 e. The first-order valence-electron chi connectivity index (χ1n) is 8.17. The quantitative estimate of drug-likeness (QED) is 0.646. The van der Waals surface area contributed by atoms with E-state index in [1.54, 1.807) is 0 Å². The van der Waals surface area contributed by atoms with Gasteiger partial charge >= 0.3 is 11.9 Å². The lowest BCUT2D eigenvalue weighted by Crippen LogP contribution is -2.16. The van der Waals surface area contributed by atoms with Crippen LogP contribution in [0.2, 0.25) is 0 Å². The molecule has 0 saturated heterocycles. The maximum Gasteiger partial charge on any atom is 0.338 e. The van der Waals surface area contributed by atoms with Crippen molar-refractivity contribution in [3.8, 4) is 0 Å². The Morgan fingerprint density at radius 1 is 1.26 bits per heavy atom. The Morgan fingerprint density at radius 3 is 2.57 bits per heavy atom. The van der Waals surface area contributed by atoms with E-state index in [4.69, 9.17) is 14.9 Å².